The zero-order chi connectivity index (χ0) is 19.6. The zero-order valence-electron chi connectivity index (χ0n) is 15.2. The Morgan fingerprint density at radius 2 is 1.57 bits per heavy atom. The fraction of sp³-hybridized carbons (Fsp3) is 0.333. The predicted molar refractivity (Wildman–Crippen MR) is 95.8 cm³/mol. The summed E-state index contributed by atoms with van der Waals surface area (Å²) in [6.45, 7) is 0.822. The van der Waals surface area contributed by atoms with Crippen LogP contribution >= 0.6 is 0 Å². The van der Waals surface area contributed by atoms with E-state index in [2.05, 4.69) is 0 Å². The van der Waals surface area contributed by atoms with Crippen molar-refractivity contribution in [3.8, 4) is 11.5 Å². The average Bonchev–Trinajstić information content (AvgIpc) is 3.15. The molecule has 1 heterocycles. The Kier molecular flexibility index (Phi) is 3.64. The normalized spacial score (nSPS) is 22.1. The first-order chi connectivity index (χ1) is 13.5. The summed E-state index contributed by atoms with van der Waals surface area (Å²) in [5.74, 6) is -2.62. The number of hydrogen-bond acceptors (Lipinski definition) is 7. The molecule has 7 nitrogen and oxygen atoms in total. The highest BCUT2D eigenvalue weighted by atomic mass is 16.7. The van der Waals surface area contributed by atoms with Gasteiger partial charge in [0, 0.05) is 42.2 Å². The van der Waals surface area contributed by atoms with E-state index in [1.165, 1.54) is 19.2 Å². The fourth-order valence-electron chi connectivity index (χ4n) is 4.55. The molecule has 28 heavy (non-hydrogen) atoms. The highest BCUT2D eigenvalue weighted by Crippen LogP contribution is 2.52. The summed E-state index contributed by atoms with van der Waals surface area (Å²) in [5.41, 5.74) is 0.687. The first kappa shape index (κ1) is 17.4. The van der Waals surface area contributed by atoms with E-state index in [-0.39, 0.29) is 40.2 Å². The maximum atomic E-state index is 13.1. The van der Waals surface area contributed by atoms with E-state index in [9.17, 15) is 19.8 Å². The Balaban J connectivity index is 1.78. The van der Waals surface area contributed by atoms with Crippen molar-refractivity contribution >= 4 is 11.6 Å². The van der Waals surface area contributed by atoms with Crippen LogP contribution in [0.1, 0.15) is 55.5 Å². The third-order valence-corrected chi connectivity index (χ3v) is 5.82. The van der Waals surface area contributed by atoms with Gasteiger partial charge in [-0.1, -0.05) is 24.3 Å². The molecule has 7 heteroatoms. The molecule has 1 spiro atoms. The molecule has 144 valence electrons. The number of hydrogen-bond donors (Lipinski definition) is 2. The van der Waals surface area contributed by atoms with Gasteiger partial charge in [-0.15, -0.1) is 0 Å². The first-order valence-corrected chi connectivity index (χ1v) is 9.07. The van der Waals surface area contributed by atoms with Crippen molar-refractivity contribution < 1.29 is 34.0 Å². The summed E-state index contributed by atoms with van der Waals surface area (Å²) >= 11 is 0. The topological polar surface area (TPSA) is 102 Å². The van der Waals surface area contributed by atoms with Gasteiger partial charge in [0.1, 0.15) is 11.5 Å². The lowest BCUT2D eigenvalue weighted by Gasteiger charge is -2.38. The van der Waals surface area contributed by atoms with Gasteiger partial charge in [0.2, 0.25) is 0 Å². The van der Waals surface area contributed by atoms with Gasteiger partial charge in [-0.2, -0.15) is 0 Å². The Hall–Kier alpha value is -2.74. The number of benzene rings is 2. The Labute approximate surface area is 160 Å². The van der Waals surface area contributed by atoms with Gasteiger partial charge < -0.3 is 24.4 Å². The van der Waals surface area contributed by atoms with Crippen LogP contribution in [0.25, 0.3) is 0 Å². The molecule has 3 aliphatic rings. The largest absolute Gasteiger partial charge is 0.507 e. The van der Waals surface area contributed by atoms with E-state index in [1.54, 1.807) is 12.1 Å². The van der Waals surface area contributed by atoms with Crippen molar-refractivity contribution in [1.82, 2.24) is 0 Å². The lowest BCUT2D eigenvalue weighted by atomic mass is 9.76. The summed E-state index contributed by atoms with van der Waals surface area (Å²) in [4.78, 5) is 26.1. The standard InChI is InChI=1S/C21H18O7/c1-26-13-9-21(27-6-7-28-21)8-12-14(13)20(25)16-15(19(12)24)17(22)10-4-2-3-5-11(10)18(16)23/h2-5,13,24-25H,6-9H2,1H3. The van der Waals surface area contributed by atoms with E-state index >= 15 is 0 Å². The fourth-order valence-corrected chi connectivity index (χ4v) is 4.55. The molecule has 2 aliphatic carbocycles. The monoisotopic (exact) mass is 382 g/mol. The van der Waals surface area contributed by atoms with Crippen molar-refractivity contribution in [2.24, 2.45) is 0 Å². The molecule has 1 fully saturated rings. The predicted octanol–water partition coefficient (Wildman–Crippen LogP) is 2.25. The van der Waals surface area contributed by atoms with E-state index in [4.69, 9.17) is 14.2 Å². The number of methoxy groups -OCH3 is 1. The van der Waals surface area contributed by atoms with Crippen molar-refractivity contribution in [2.45, 2.75) is 24.7 Å². The van der Waals surface area contributed by atoms with Gasteiger partial charge in [-0.25, -0.2) is 0 Å². The maximum absolute atomic E-state index is 13.1. The number of carbonyl (C=O) groups excluding carboxylic acids is 2. The second-order valence-electron chi connectivity index (χ2n) is 7.26. The van der Waals surface area contributed by atoms with E-state index in [0.29, 0.717) is 30.8 Å². The van der Waals surface area contributed by atoms with Crippen molar-refractivity contribution in [3.63, 3.8) is 0 Å². The summed E-state index contributed by atoms with van der Waals surface area (Å²) < 4.78 is 17.1. The van der Waals surface area contributed by atoms with Crippen LogP contribution in [0.5, 0.6) is 11.5 Å². The molecule has 1 aliphatic heterocycles. The Morgan fingerprint density at radius 3 is 2.14 bits per heavy atom. The summed E-state index contributed by atoms with van der Waals surface area (Å²) in [7, 11) is 1.47. The van der Waals surface area contributed by atoms with Crippen molar-refractivity contribution in [2.75, 3.05) is 20.3 Å². The van der Waals surface area contributed by atoms with Crippen LogP contribution in [0.15, 0.2) is 24.3 Å². The molecule has 0 radical (unpaired) electrons. The van der Waals surface area contributed by atoms with Gasteiger partial charge in [-0.05, 0) is 0 Å². The highest BCUT2D eigenvalue weighted by molar-refractivity contribution is 6.30. The second kappa shape index (κ2) is 5.88. The van der Waals surface area contributed by atoms with Crippen LogP contribution in [-0.4, -0.2) is 47.9 Å². The SMILES string of the molecule is COC1CC2(Cc3c(O)c4c(c(O)c31)C(=O)c1ccccc1C4=O)OCCO2. The minimum Gasteiger partial charge on any atom is -0.507 e. The number of aromatic hydroxyl groups is 2. The van der Waals surface area contributed by atoms with Crippen LogP contribution in [-0.2, 0) is 20.6 Å². The number of phenolic OH excluding ortho intramolecular Hbond substituents is 2. The molecule has 0 aromatic heterocycles. The van der Waals surface area contributed by atoms with Crippen LogP contribution in [0.4, 0.5) is 0 Å². The zero-order valence-corrected chi connectivity index (χ0v) is 15.2. The molecule has 2 aromatic rings. The van der Waals surface area contributed by atoms with E-state index < -0.39 is 23.5 Å². The molecule has 0 saturated carbocycles. The van der Waals surface area contributed by atoms with Crippen molar-refractivity contribution in [3.05, 3.63) is 57.6 Å². The summed E-state index contributed by atoms with van der Waals surface area (Å²) in [5, 5.41) is 22.0. The van der Waals surface area contributed by atoms with Gasteiger partial charge in [-0.3, -0.25) is 9.59 Å². The molecular formula is C21H18O7. The Bertz CT molecular complexity index is 1030. The van der Waals surface area contributed by atoms with Gasteiger partial charge in [0.15, 0.2) is 17.4 Å². The van der Waals surface area contributed by atoms with Crippen molar-refractivity contribution in [1.29, 1.82) is 0 Å². The Morgan fingerprint density at radius 1 is 1.00 bits per heavy atom. The molecule has 1 unspecified atom stereocenters. The summed E-state index contributed by atoms with van der Waals surface area (Å²) in [6.07, 6.45) is -0.197. The smallest absolute Gasteiger partial charge is 0.198 e. The minimum atomic E-state index is -0.981. The van der Waals surface area contributed by atoms with Crippen LogP contribution in [0, 0.1) is 0 Å². The van der Waals surface area contributed by atoms with E-state index in [0.717, 1.165) is 0 Å². The quantitative estimate of drug-likeness (QED) is 0.622. The van der Waals surface area contributed by atoms with Crippen LogP contribution in [0.3, 0.4) is 0 Å². The molecule has 1 saturated heterocycles. The number of ether oxygens (including phenoxy) is 3. The maximum Gasteiger partial charge on any atom is 0.198 e. The summed E-state index contributed by atoms with van der Waals surface area (Å²) in [6, 6.07) is 6.38. The second-order valence-corrected chi connectivity index (χ2v) is 7.26. The lowest BCUT2D eigenvalue weighted by molar-refractivity contribution is -0.185. The highest BCUT2D eigenvalue weighted by Gasteiger charge is 2.49. The third-order valence-electron chi connectivity index (χ3n) is 5.82. The molecular weight excluding hydrogens is 364 g/mol. The van der Waals surface area contributed by atoms with E-state index in [1.807, 2.05) is 0 Å². The number of phenols is 2. The van der Waals surface area contributed by atoms with Gasteiger partial charge in [0.05, 0.1) is 30.4 Å². The molecule has 2 N–H and O–H groups in total. The molecule has 5 rings (SSSR count). The lowest BCUT2D eigenvalue weighted by Crippen LogP contribution is -2.40. The number of rotatable bonds is 1. The average molecular weight is 382 g/mol. The minimum absolute atomic E-state index is 0.151. The number of fused-ring (bicyclic) bond motifs is 3. The molecule has 0 bridgehead atoms. The third kappa shape index (κ3) is 2.15. The van der Waals surface area contributed by atoms with Gasteiger partial charge in [0.25, 0.3) is 0 Å². The number of ketones is 2. The molecule has 2 aromatic carbocycles. The molecule has 1 atom stereocenters. The van der Waals surface area contributed by atoms with Crippen LogP contribution < -0.4 is 0 Å². The van der Waals surface area contributed by atoms with Gasteiger partial charge >= 0.3 is 0 Å². The van der Waals surface area contributed by atoms with Crippen LogP contribution in [0.2, 0.25) is 0 Å². The number of carbonyl (C=O) groups is 2. The molecule has 0 amide bonds. The first-order valence-electron chi connectivity index (χ1n) is 9.07.